The normalized spacial score (nSPS) is 26.4. The summed E-state index contributed by atoms with van der Waals surface area (Å²) in [7, 11) is 2.21. The van der Waals surface area contributed by atoms with Crippen molar-refractivity contribution in [1.29, 1.82) is 0 Å². The maximum Gasteiger partial charge on any atom is 0.0396 e. The lowest BCUT2D eigenvalue weighted by Gasteiger charge is -2.29. The molecule has 1 saturated carbocycles. The van der Waals surface area contributed by atoms with E-state index >= 15 is 0 Å². The van der Waals surface area contributed by atoms with Crippen LogP contribution in [0.2, 0.25) is 0 Å². The number of hydrogen-bond acceptors (Lipinski definition) is 2. The van der Waals surface area contributed by atoms with Crippen molar-refractivity contribution in [2.75, 3.05) is 18.5 Å². The van der Waals surface area contributed by atoms with Crippen molar-refractivity contribution in [3.63, 3.8) is 0 Å². The van der Waals surface area contributed by atoms with Crippen LogP contribution in [-0.4, -0.2) is 19.6 Å². The first-order valence-corrected chi connectivity index (χ1v) is 8.28. The summed E-state index contributed by atoms with van der Waals surface area (Å²) >= 11 is 0. The number of fused-ring (bicyclic) bond motifs is 1. The standard InChI is InChI=1S/C18H28N2/c1-14-5-3-7-17(11-14)19-13-15-8-9-18-16(12-15)6-4-10-20(18)2/h8-9,12,14,17,19H,3-7,10-11,13H2,1-2H3. The van der Waals surface area contributed by atoms with Crippen molar-refractivity contribution in [2.24, 2.45) is 5.92 Å². The number of hydrogen-bond donors (Lipinski definition) is 1. The average molecular weight is 272 g/mol. The van der Waals surface area contributed by atoms with Gasteiger partial charge in [-0.2, -0.15) is 0 Å². The van der Waals surface area contributed by atoms with Crippen LogP contribution in [0.4, 0.5) is 5.69 Å². The Morgan fingerprint density at radius 3 is 3.00 bits per heavy atom. The van der Waals surface area contributed by atoms with Crippen LogP contribution in [0.3, 0.4) is 0 Å². The minimum Gasteiger partial charge on any atom is -0.374 e. The molecule has 1 aromatic carbocycles. The van der Waals surface area contributed by atoms with E-state index in [2.05, 4.69) is 42.4 Å². The summed E-state index contributed by atoms with van der Waals surface area (Å²) in [5, 5.41) is 3.77. The summed E-state index contributed by atoms with van der Waals surface area (Å²) in [6.45, 7) is 4.63. The molecule has 1 fully saturated rings. The highest BCUT2D eigenvalue weighted by atomic mass is 15.1. The van der Waals surface area contributed by atoms with Crippen molar-refractivity contribution in [2.45, 2.75) is 58.0 Å². The molecule has 2 nitrogen and oxygen atoms in total. The van der Waals surface area contributed by atoms with Gasteiger partial charge in [0.2, 0.25) is 0 Å². The lowest BCUT2D eigenvalue weighted by Crippen LogP contribution is -2.33. The fraction of sp³-hybridized carbons (Fsp3) is 0.667. The predicted octanol–water partition coefficient (Wildman–Crippen LogP) is 3.74. The molecule has 0 bridgehead atoms. The van der Waals surface area contributed by atoms with Crippen LogP contribution in [-0.2, 0) is 13.0 Å². The van der Waals surface area contributed by atoms with E-state index in [-0.39, 0.29) is 0 Å². The fourth-order valence-electron chi connectivity index (χ4n) is 3.83. The molecule has 3 rings (SSSR count). The Morgan fingerprint density at radius 1 is 1.25 bits per heavy atom. The highest BCUT2D eigenvalue weighted by Gasteiger charge is 2.18. The summed E-state index contributed by atoms with van der Waals surface area (Å²) in [4.78, 5) is 2.39. The Hall–Kier alpha value is -1.02. The van der Waals surface area contributed by atoms with Crippen LogP contribution in [0, 0.1) is 5.92 Å². The first kappa shape index (κ1) is 13.9. The van der Waals surface area contributed by atoms with Gasteiger partial charge in [-0.25, -0.2) is 0 Å². The van der Waals surface area contributed by atoms with Crippen LogP contribution in [0.5, 0.6) is 0 Å². The highest BCUT2D eigenvalue weighted by molar-refractivity contribution is 5.56. The number of nitrogens with zero attached hydrogens (tertiary/aromatic N) is 1. The van der Waals surface area contributed by atoms with Crippen LogP contribution >= 0.6 is 0 Å². The summed E-state index contributed by atoms with van der Waals surface area (Å²) in [6, 6.07) is 7.77. The van der Waals surface area contributed by atoms with E-state index in [4.69, 9.17) is 0 Å². The molecular formula is C18H28N2. The molecule has 1 N–H and O–H groups in total. The van der Waals surface area contributed by atoms with Gasteiger partial charge in [0.15, 0.2) is 0 Å². The van der Waals surface area contributed by atoms with Gasteiger partial charge in [0, 0.05) is 31.9 Å². The monoisotopic (exact) mass is 272 g/mol. The zero-order valence-corrected chi connectivity index (χ0v) is 13.0. The van der Waals surface area contributed by atoms with Crippen molar-refractivity contribution in [3.05, 3.63) is 29.3 Å². The van der Waals surface area contributed by atoms with Crippen LogP contribution in [0.1, 0.15) is 50.2 Å². The van der Waals surface area contributed by atoms with Crippen molar-refractivity contribution >= 4 is 5.69 Å². The van der Waals surface area contributed by atoms with E-state index in [9.17, 15) is 0 Å². The van der Waals surface area contributed by atoms with E-state index < -0.39 is 0 Å². The highest BCUT2D eigenvalue weighted by Crippen LogP contribution is 2.27. The molecule has 110 valence electrons. The van der Waals surface area contributed by atoms with E-state index in [1.807, 2.05) is 0 Å². The van der Waals surface area contributed by atoms with Gasteiger partial charge in [-0.1, -0.05) is 31.9 Å². The Balaban J connectivity index is 1.60. The molecule has 1 heterocycles. The first-order chi connectivity index (χ1) is 9.72. The largest absolute Gasteiger partial charge is 0.374 e. The lowest BCUT2D eigenvalue weighted by atomic mass is 9.87. The van der Waals surface area contributed by atoms with Gasteiger partial charge < -0.3 is 10.2 Å². The minimum atomic E-state index is 0.734. The molecule has 0 saturated heterocycles. The number of nitrogens with one attached hydrogen (secondary N) is 1. The van der Waals surface area contributed by atoms with Crippen molar-refractivity contribution in [1.82, 2.24) is 5.32 Å². The van der Waals surface area contributed by atoms with Crippen LogP contribution in [0.15, 0.2) is 18.2 Å². The fourth-order valence-corrected chi connectivity index (χ4v) is 3.83. The third kappa shape index (κ3) is 3.17. The van der Waals surface area contributed by atoms with Gasteiger partial charge in [0.1, 0.15) is 0 Å². The maximum absolute atomic E-state index is 3.77. The molecule has 1 aromatic rings. The average Bonchev–Trinajstić information content (AvgIpc) is 2.45. The van der Waals surface area contributed by atoms with E-state index in [1.54, 1.807) is 0 Å². The van der Waals surface area contributed by atoms with E-state index in [0.717, 1.165) is 18.5 Å². The molecule has 0 radical (unpaired) electrons. The van der Waals surface area contributed by atoms with E-state index in [1.165, 1.54) is 61.9 Å². The Kier molecular flexibility index (Phi) is 4.30. The van der Waals surface area contributed by atoms with Gasteiger partial charge in [0.25, 0.3) is 0 Å². The molecule has 1 aliphatic carbocycles. The second kappa shape index (κ2) is 6.17. The van der Waals surface area contributed by atoms with Crippen molar-refractivity contribution < 1.29 is 0 Å². The molecule has 0 amide bonds. The summed E-state index contributed by atoms with van der Waals surface area (Å²) in [5.74, 6) is 0.901. The molecule has 0 spiro atoms. The summed E-state index contributed by atoms with van der Waals surface area (Å²) in [6.07, 6.45) is 8.07. The van der Waals surface area contributed by atoms with Gasteiger partial charge in [-0.05, 0) is 48.8 Å². The van der Waals surface area contributed by atoms with Gasteiger partial charge in [-0.3, -0.25) is 0 Å². The maximum atomic E-state index is 3.77. The third-order valence-electron chi connectivity index (χ3n) is 5.03. The molecule has 20 heavy (non-hydrogen) atoms. The quantitative estimate of drug-likeness (QED) is 0.902. The first-order valence-electron chi connectivity index (χ1n) is 8.28. The molecule has 2 atom stereocenters. The second-order valence-corrected chi connectivity index (χ2v) is 6.84. The Labute approximate surface area is 123 Å². The summed E-state index contributed by atoms with van der Waals surface area (Å²) in [5.41, 5.74) is 4.43. The third-order valence-corrected chi connectivity index (χ3v) is 5.03. The Bertz CT molecular complexity index is 455. The number of rotatable bonds is 3. The van der Waals surface area contributed by atoms with Gasteiger partial charge >= 0.3 is 0 Å². The second-order valence-electron chi connectivity index (χ2n) is 6.84. The zero-order chi connectivity index (χ0) is 13.9. The SMILES string of the molecule is CC1CCCC(NCc2ccc3c(c2)CCCN3C)C1. The number of aryl methyl sites for hydroxylation is 1. The molecule has 0 aromatic heterocycles. The smallest absolute Gasteiger partial charge is 0.0396 e. The van der Waals surface area contributed by atoms with Gasteiger partial charge in [0.05, 0.1) is 0 Å². The molecular weight excluding hydrogens is 244 g/mol. The van der Waals surface area contributed by atoms with Gasteiger partial charge in [-0.15, -0.1) is 0 Å². The van der Waals surface area contributed by atoms with Crippen LogP contribution in [0.25, 0.3) is 0 Å². The number of anilines is 1. The predicted molar refractivity (Wildman–Crippen MR) is 86.3 cm³/mol. The molecule has 2 aliphatic rings. The topological polar surface area (TPSA) is 15.3 Å². The minimum absolute atomic E-state index is 0.734. The van der Waals surface area contributed by atoms with E-state index in [0.29, 0.717) is 0 Å². The molecule has 2 heteroatoms. The lowest BCUT2D eigenvalue weighted by molar-refractivity contribution is 0.300. The Morgan fingerprint density at radius 2 is 2.15 bits per heavy atom. The van der Waals surface area contributed by atoms with Crippen LogP contribution < -0.4 is 10.2 Å². The van der Waals surface area contributed by atoms with Crippen molar-refractivity contribution in [3.8, 4) is 0 Å². The summed E-state index contributed by atoms with van der Waals surface area (Å²) < 4.78 is 0. The zero-order valence-electron chi connectivity index (χ0n) is 13.0. The molecule has 2 unspecified atom stereocenters. The number of benzene rings is 1. The molecule has 1 aliphatic heterocycles.